The maximum Gasteiger partial charge on any atom is 0.433 e. The van der Waals surface area contributed by atoms with E-state index in [0.717, 1.165) is 33.9 Å². The van der Waals surface area contributed by atoms with E-state index in [4.69, 9.17) is 5.10 Å². The number of nitrogens with zero attached hydrogens (tertiary/aromatic N) is 4. The second kappa shape index (κ2) is 9.07. The molecule has 2 heterocycles. The number of halogens is 3. The fraction of sp³-hybridized carbons (Fsp3) is 0.138. The van der Waals surface area contributed by atoms with Crippen molar-refractivity contribution in [2.24, 2.45) is 0 Å². The molecule has 0 aliphatic rings. The van der Waals surface area contributed by atoms with E-state index in [1.807, 2.05) is 69.3 Å². The fourth-order valence-electron chi connectivity index (χ4n) is 4.11. The lowest BCUT2D eigenvalue weighted by Gasteiger charge is -2.13. The van der Waals surface area contributed by atoms with Crippen molar-refractivity contribution in [1.82, 2.24) is 19.7 Å². The summed E-state index contributed by atoms with van der Waals surface area (Å²) >= 11 is 0. The predicted molar refractivity (Wildman–Crippen MR) is 135 cm³/mol. The van der Waals surface area contributed by atoms with Gasteiger partial charge in [0.2, 0.25) is 0 Å². The number of benzene rings is 3. The van der Waals surface area contributed by atoms with Crippen LogP contribution in [0.5, 0.6) is 0 Å². The summed E-state index contributed by atoms with van der Waals surface area (Å²) in [5.74, 6) is -0.138. The third-order valence-corrected chi connectivity index (χ3v) is 6.04. The minimum Gasteiger partial charge on any atom is -0.211 e. The molecule has 0 saturated carbocycles. The Morgan fingerprint density at radius 1 is 0.667 bits per heavy atom. The first kappa shape index (κ1) is 23.5. The summed E-state index contributed by atoms with van der Waals surface area (Å²) < 4.78 is 43.2. The smallest absolute Gasteiger partial charge is 0.211 e. The number of aromatic nitrogens is 4. The number of rotatable bonds is 4. The van der Waals surface area contributed by atoms with E-state index in [1.54, 1.807) is 30.3 Å². The molecule has 0 bridgehead atoms. The highest BCUT2D eigenvalue weighted by Crippen LogP contribution is 2.35. The Kier molecular flexibility index (Phi) is 5.92. The number of hydrogen-bond acceptors (Lipinski definition) is 3. The highest BCUT2D eigenvalue weighted by atomic mass is 19.4. The van der Waals surface area contributed by atoms with Crippen molar-refractivity contribution in [2.75, 3.05) is 0 Å². The third-order valence-electron chi connectivity index (χ3n) is 6.04. The van der Waals surface area contributed by atoms with Gasteiger partial charge in [-0.2, -0.15) is 23.0 Å². The topological polar surface area (TPSA) is 43.6 Å². The second-order valence-corrected chi connectivity index (χ2v) is 8.77. The largest absolute Gasteiger partial charge is 0.433 e. The Hall–Kier alpha value is -4.26. The Bertz CT molecular complexity index is 1520. The molecule has 180 valence electrons. The zero-order valence-corrected chi connectivity index (χ0v) is 20.0. The maximum absolute atomic E-state index is 13.9. The Morgan fingerprint density at radius 3 is 1.83 bits per heavy atom. The van der Waals surface area contributed by atoms with Gasteiger partial charge in [0.05, 0.1) is 17.1 Å². The quantitative estimate of drug-likeness (QED) is 0.264. The summed E-state index contributed by atoms with van der Waals surface area (Å²) in [7, 11) is 0. The van der Waals surface area contributed by atoms with Crippen LogP contribution in [-0.4, -0.2) is 19.7 Å². The van der Waals surface area contributed by atoms with Gasteiger partial charge in [-0.3, -0.25) is 0 Å². The van der Waals surface area contributed by atoms with Crippen LogP contribution in [0.1, 0.15) is 22.4 Å². The van der Waals surface area contributed by atoms with Gasteiger partial charge in [0.25, 0.3) is 5.95 Å². The molecule has 5 aromatic rings. The molecule has 2 aromatic heterocycles. The van der Waals surface area contributed by atoms with Crippen molar-refractivity contribution in [2.45, 2.75) is 26.9 Å². The lowest BCUT2D eigenvalue weighted by molar-refractivity contribution is -0.141. The van der Waals surface area contributed by atoms with Crippen LogP contribution in [0.25, 0.3) is 39.7 Å². The third kappa shape index (κ3) is 4.52. The van der Waals surface area contributed by atoms with Gasteiger partial charge in [-0.1, -0.05) is 90.0 Å². The highest BCUT2D eigenvalue weighted by molar-refractivity contribution is 5.75. The first-order valence-electron chi connectivity index (χ1n) is 11.5. The molecule has 0 N–H and O–H groups in total. The monoisotopic (exact) mass is 484 g/mol. The average molecular weight is 485 g/mol. The van der Waals surface area contributed by atoms with Crippen LogP contribution in [0.2, 0.25) is 0 Å². The van der Waals surface area contributed by atoms with Crippen molar-refractivity contribution in [3.05, 3.63) is 107 Å². The van der Waals surface area contributed by atoms with Crippen molar-refractivity contribution < 1.29 is 13.2 Å². The van der Waals surface area contributed by atoms with E-state index < -0.39 is 11.9 Å². The minimum atomic E-state index is -4.65. The molecule has 0 radical (unpaired) electrons. The summed E-state index contributed by atoms with van der Waals surface area (Å²) in [6.45, 7) is 5.89. The molecule has 0 atom stereocenters. The average Bonchev–Trinajstić information content (AvgIpc) is 3.22. The Morgan fingerprint density at radius 2 is 1.25 bits per heavy atom. The standard InChI is InChI=1S/C29H23F3N4/c1-18-9-13-22(14-10-18)26-20(3)27(23-15-11-19(2)12-16-23)36(35-26)28-33-24(21-7-5-4-6-8-21)17-25(34-28)29(30,31)32/h4-17H,1-3H3. The molecule has 0 fully saturated rings. The van der Waals surface area contributed by atoms with Crippen LogP contribution >= 0.6 is 0 Å². The summed E-state index contributed by atoms with van der Waals surface area (Å²) in [6.07, 6.45) is -4.65. The van der Waals surface area contributed by atoms with Gasteiger partial charge < -0.3 is 0 Å². The van der Waals surface area contributed by atoms with E-state index in [9.17, 15) is 13.2 Å². The molecular formula is C29H23F3N4. The van der Waals surface area contributed by atoms with E-state index in [-0.39, 0.29) is 11.6 Å². The summed E-state index contributed by atoms with van der Waals surface area (Å²) in [5.41, 5.74) is 5.69. The zero-order valence-electron chi connectivity index (χ0n) is 20.0. The van der Waals surface area contributed by atoms with Gasteiger partial charge in [-0.25, -0.2) is 9.97 Å². The predicted octanol–water partition coefficient (Wildman–Crippen LogP) is 7.61. The van der Waals surface area contributed by atoms with Crippen LogP contribution < -0.4 is 0 Å². The second-order valence-electron chi connectivity index (χ2n) is 8.77. The summed E-state index contributed by atoms with van der Waals surface area (Å²) in [5, 5.41) is 4.76. The molecule has 36 heavy (non-hydrogen) atoms. The van der Waals surface area contributed by atoms with Crippen molar-refractivity contribution >= 4 is 0 Å². The SMILES string of the molecule is Cc1ccc(-c2nn(-c3nc(-c4ccccc4)cc(C(F)(F)F)n3)c(-c3ccc(C)cc3)c2C)cc1. The fourth-order valence-corrected chi connectivity index (χ4v) is 4.11. The van der Waals surface area contributed by atoms with Crippen molar-refractivity contribution in [3.8, 4) is 39.7 Å². The molecule has 0 unspecified atom stereocenters. The van der Waals surface area contributed by atoms with Crippen molar-refractivity contribution in [1.29, 1.82) is 0 Å². The molecule has 4 nitrogen and oxygen atoms in total. The van der Waals surface area contributed by atoms with E-state index in [0.29, 0.717) is 17.0 Å². The van der Waals surface area contributed by atoms with Crippen LogP contribution in [0.3, 0.4) is 0 Å². The summed E-state index contributed by atoms with van der Waals surface area (Å²) in [4.78, 5) is 8.47. The molecule has 0 spiro atoms. The molecule has 7 heteroatoms. The van der Waals surface area contributed by atoms with Gasteiger partial charge in [0.15, 0.2) is 5.69 Å². The van der Waals surface area contributed by atoms with Crippen LogP contribution in [0.15, 0.2) is 84.9 Å². The lowest BCUT2D eigenvalue weighted by atomic mass is 10.0. The van der Waals surface area contributed by atoms with E-state index in [1.165, 1.54) is 4.68 Å². The van der Waals surface area contributed by atoms with Gasteiger partial charge in [0.1, 0.15) is 0 Å². The molecule has 0 saturated heterocycles. The van der Waals surface area contributed by atoms with E-state index >= 15 is 0 Å². The first-order valence-corrected chi connectivity index (χ1v) is 11.5. The molecule has 3 aromatic carbocycles. The summed E-state index contributed by atoms with van der Waals surface area (Å²) in [6, 6.07) is 25.4. The molecule has 5 rings (SSSR count). The number of hydrogen-bond donors (Lipinski definition) is 0. The first-order chi connectivity index (χ1) is 17.2. The molecule has 0 amide bonds. The molecule has 0 aliphatic carbocycles. The Labute approximate surface area is 207 Å². The van der Waals surface area contributed by atoms with Crippen LogP contribution in [0, 0.1) is 20.8 Å². The number of aryl methyl sites for hydroxylation is 2. The lowest BCUT2D eigenvalue weighted by Crippen LogP contribution is -2.14. The van der Waals surface area contributed by atoms with Gasteiger partial charge >= 0.3 is 6.18 Å². The Balaban J connectivity index is 1.79. The highest BCUT2D eigenvalue weighted by Gasteiger charge is 2.34. The van der Waals surface area contributed by atoms with Crippen LogP contribution in [-0.2, 0) is 6.18 Å². The minimum absolute atomic E-state index is 0.138. The van der Waals surface area contributed by atoms with Gasteiger partial charge in [-0.05, 0) is 26.8 Å². The van der Waals surface area contributed by atoms with Crippen LogP contribution in [0.4, 0.5) is 13.2 Å². The zero-order chi connectivity index (χ0) is 25.4. The van der Waals surface area contributed by atoms with E-state index in [2.05, 4.69) is 9.97 Å². The normalized spacial score (nSPS) is 11.6. The van der Waals surface area contributed by atoms with Gasteiger partial charge in [0, 0.05) is 22.3 Å². The maximum atomic E-state index is 13.9. The molecule has 0 aliphatic heterocycles. The van der Waals surface area contributed by atoms with Crippen molar-refractivity contribution in [3.63, 3.8) is 0 Å². The number of alkyl halides is 3. The molecular weight excluding hydrogens is 461 g/mol. The van der Waals surface area contributed by atoms with Gasteiger partial charge in [-0.15, -0.1) is 0 Å².